The number of rotatable bonds is 4. The van der Waals surface area contributed by atoms with Gasteiger partial charge < -0.3 is 10.2 Å². The summed E-state index contributed by atoms with van der Waals surface area (Å²) in [5, 5.41) is 3.25. The van der Waals surface area contributed by atoms with E-state index in [1.807, 2.05) is 23.1 Å². The Bertz CT molecular complexity index is 735. The maximum Gasteiger partial charge on any atom is 0.272 e. The summed E-state index contributed by atoms with van der Waals surface area (Å²) < 4.78 is 0. The molecule has 0 unspecified atom stereocenters. The summed E-state index contributed by atoms with van der Waals surface area (Å²) in [5.41, 5.74) is 2.81. The second kappa shape index (κ2) is 7.25. The van der Waals surface area contributed by atoms with Crippen LogP contribution in [-0.4, -0.2) is 34.7 Å². The zero-order chi connectivity index (χ0) is 16.9. The van der Waals surface area contributed by atoms with Crippen LogP contribution >= 0.6 is 0 Å². The van der Waals surface area contributed by atoms with Gasteiger partial charge >= 0.3 is 0 Å². The molecule has 1 aliphatic rings. The van der Waals surface area contributed by atoms with Crippen molar-refractivity contribution in [1.29, 1.82) is 0 Å². The van der Waals surface area contributed by atoms with Crippen LogP contribution in [0, 0.1) is 0 Å². The van der Waals surface area contributed by atoms with Gasteiger partial charge in [0.1, 0.15) is 5.69 Å². The van der Waals surface area contributed by atoms with Crippen LogP contribution < -0.4 is 5.32 Å². The fourth-order valence-electron chi connectivity index (χ4n) is 2.84. The molecule has 1 amide bonds. The first-order valence-electron chi connectivity index (χ1n) is 8.27. The lowest BCUT2D eigenvalue weighted by atomic mass is 10.1. The van der Waals surface area contributed by atoms with Crippen molar-refractivity contribution in [2.24, 2.45) is 0 Å². The summed E-state index contributed by atoms with van der Waals surface area (Å²) in [6.45, 7) is 3.17. The average Bonchev–Trinajstić information content (AvgIpc) is 2.62. The molecule has 24 heavy (non-hydrogen) atoms. The molecule has 0 spiro atoms. The van der Waals surface area contributed by atoms with Crippen molar-refractivity contribution in [2.75, 3.05) is 18.4 Å². The average molecular weight is 323 g/mol. The molecular formula is C19H21N3O2. The van der Waals surface area contributed by atoms with Crippen molar-refractivity contribution in [2.45, 2.75) is 26.2 Å². The Morgan fingerprint density at radius 1 is 1.00 bits per heavy atom. The van der Waals surface area contributed by atoms with Gasteiger partial charge in [-0.1, -0.05) is 0 Å². The molecule has 0 saturated carbocycles. The molecule has 5 heteroatoms. The largest absolute Gasteiger partial charge is 0.355 e. The fourth-order valence-corrected chi connectivity index (χ4v) is 2.84. The predicted molar refractivity (Wildman–Crippen MR) is 93.7 cm³/mol. The minimum absolute atomic E-state index is 0.00900. The molecule has 1 fully saturated rings. The lowest BCUT2D eigenvalue weighted by Crippen LogP contribution is -2.36. The van der Waals surface area contributed by atoms with Crippen molar-refractivity contribution in [1.82, 2.24) is 9.88 Å². The van der Waals surface area contributed by atoms with Gasteiger partial charge in [-0.15, -0.1) is 0 Å². The molecule has 0 bridgehead atoms. The first-order chi connectivity index (χ1) is 11.6. The van der Waals surface area contributed by atoms with E-state index in [9.17, 15) is 9.59 Å². The lowest BCUT2D eigenvalue weighted by Gasteiger charge is -2.26. The summed E-state index contributed by atoms with van der Waals surface area (Å²) in [6, 6.07) is 10.9. The molecule has 0 radical (unpaired) electrons. The molecule has 3 rings (SSSR count). The third-order valence-electron chi connectivity index (χ3n) is 4.20. The Morgan fingerprint density at radius 2 is 1.71 bits per heavy atom. The third-order valence-corrected chi connectivity index (χ3v) is 4.20. The maximum atomic E-state index is 12.5. The van der Waals surface area contributed by atoms with Gasteiger partial charge in [0.05, 0.1) is 0 Å². The molecule has 1 N–H and O–H groups in total. The van der Waals surface area contributed by atoms with E-state index in [0.717, 1.165) is 37.3 Å². The first kappa shape index (κ1) is 16.2. The molecule has 1 aromatic heterocycles. The van der Waals surface area contributed by atoms with Crippen LogP contribution in [0.15, 0.2) is 42.6 Å². The summed E-state index contributed by atoms with van der Waals surface area (Å²) in [5.74, 6) is 0.0325. The van der Waals surface area contributed by atoms with Gasteiger partial charge in [0.25, 0.3) is 5.91 Å². The van der Waals surface area contributed by atoms with Gasteiger partial charge in [0.15, 0.2) is 5.78 Å². The Hall–Kier alpha value is -2.69. The summed E-state index contributed by atoms with van der Waals surface area (Å²) in [4.78, 5) is 29.9. The highest BCUT2D eigenvalue weighted by molar-refractivity contribution is 5.95. The van der Waals surface area contributed by atoms with Crippen LogP contribution in [0.1, 0.15) is 47.0 Å². The molecule has 1 aliphatic heterocycles. The van der Waals surface area contributed by atoms with E-state index >= 15 is 0 Å². The number of carbonyl (C=O) groups excluding carboxylic acids is 2. The van der Waals surface area contributed by atoms with Crippen molar-refractivity contribution in [3.8, 4) is 0 Å². The Morgan fingerprint density at radius 3 is 2.38 bits per heavy atom. The lowest BCUT2D eigenvalue weighted by molar-refractivity contribution is 0.0718. The van der Waals surface area contributed by atoms with Gasteiger partial charge in [-0.05, 0) is 62.6 Å². The number of pyridine rings is 1. The van der Waals surface area contributed by atoms with Gasteiger partial charge in [0.2, 0.25) is 0 Å². The van der Waals surface area contributed by atoms with E-state index in [4.69, 9.17) is 0 Å². The van der Waals surface area contributed by atoms with Crippen molar-refractivity contribution in [3.63, 3.8) is 0 Å². The number of Topliss-reactive ketones (excluding diaryl/α,β-unsaturated/α-hetero) is 1. The number of anilines is 2. The van der Waals surface area contributed by atoms with Gasteiger partial charge in [-0.3, -0.25) is 14.6 Å². The number of hydrogen-bond acceptors (Lipinski definition) is 4. The van der Waals surface area contributed by atoms with E-state index in [1.165, 1.54) is 6.42 Å². The topological polar surface area (TPSA) is 62.3 Å². The number of piperidine rings is 1. The molecule has 0 aliphatic carbocycles. The molecule has 124 valence electrons. The molecule has 1 aromatic carbocycles. The highest BCUT2D eigenvalue weighted by Crippen LogP contribution is 2.19. The molecule has 1 saturated heterocycles. The SMILES string of the molecule is CC(=O)c1ccc(Nc2ccnc(C(=O)N3CCCCC3)c2)cc1. The number of carbonyl (C=O) groups is 2. The molecule has 0 atom stereocenters. The number of nitrogens with zero attached hydrogens (tertiary/aromatic N) is 2. The number of benzene rings is 1. The quantitative estimate of drug-likeness (QED) is 0.872. The standard InChI is InChI=1S/C19H21N3O2/c1-14(23)15-5-7-16(8-6-15)21-17-9-10-20-18(13-17)19(24)22-11-3-2-4-12-22/h5-10,13H,2-4,11-12H2,1H3,(H,20,21). The van der Waals surface area contributed by atoms with Crippen LogP contribution in [0.4, 0.5) is 11.4 Å². The van der Waals surface area contributed by atoms with E-state index in [-0.39, 0.29) is 11.7 Å². The highest BCUT2D eigenvalue weighted by Gasteiger charge is 2.19. The second-order valence-electron chi connectivity index (χ2n) is 6.04. The maximum absolute atomic E-state index is 12.5. The number of likely N-dealkylation sites (tertiary alicyclic amines) is 1. The van der Waals surface area contributed by atoms with E-state index in [2.05, 4.69) is 10.3 Å². The number of amides is 1. The number of ketones is 1. The van der Waals surface area contributed by atoms with E-state index < -0.39 is 0 Å². The third kappa shape index (κ3) is 3.79. The van der Waals surface area contributed by atoms with Crippen LogP contribution in [-0.2, 0) is 0 Å². The minimum atomic E-state index is -0.00900. The zero-order valence-electron chi connectivity index (χ0n) is 13.8. The van der Waals surface area contributed by atoms with E-state index in [0.29, 0.717) is 11.3 Å². The molecular weight excluding hydrogens is 302 g/mol. The molecule has 5 nitrogen and oxygen atoms in total. The smallest absolute Gasteiger partial charge is 0.272 e. The van der Waals surface area contributed by atoms with Gasteiger partial charge in [-0.25, -0.2) is 0 Å². The Labute approximate surface area is 141 Å². The fraction of sp³-hybridized carbons (Fsp3) is 0.316. The van der Waals surface area contributed by atoms with Gasteiger partial charge in [0, 0.05) is 36.2 Å². The van der Waals surface area contributed by atoms with Crippen molar-refractivity contribution < 1.29 is 9.59 Å². The van der Waals surface area contributed by atoms with Crippen LogP contribution in [0.3, 0.4) is 0 Å². The van der Waals surface area contributed by atoms with Crippen LogP contribution in [0.5, 0.6) is 0 Å². The van der Waals surface area contributed by atoms with Crippen molar-refractivity contribution in [3.05, 3.63) is 53.9 Å². The molecule has 2 heterocycles. The summed E-state index contributed by atoms with van der Waals surface area (Å²) >= 11 is 0. The van der Waals surface area contributed by atoms with Crippen LogP contribution in [0.2, 0.25) is 0 Å². The van der Waals surface area contributed by atoms with Crippen LogP contribution in [0.25, 0.3) is 0 Å². The zero-order valence-corrected chi connectivity index (χ0v) is 13.8. The summed E-state index contributed by atoms with van der Waals surface area (Å²) in [7, 11) is 0. The highest BCUT2D eigenvalue weighted by atomic mass is 16.2. The summed E-state index contributed by atoms with van der Waals surface area (Å²) in [6.07, 6.45) is 4.96. The second-order valence-corrected chi connectivity index (χ2v) is 6.04. The number of nitrogens with one attached hydrogen (secondary N) is 1. The van der Waals surface area contributed by atoms with Crippen molar-refractivity contribution >= 4 is 23.1 Å². The molecule has 2 aromatic rings. The first-order valence-corrected chi connectivity index (χ1v) is 8.27. The van der Waals surface area contributed by atoms with Gasteiger partial charge in [-0.2, -0.15) is 0 Å². The Kier molecular flexibility index (Phi) is 4.89. The Balaban J connectivity index is 1.72. The predicted octanol–water partition coefficient (Wildman–Crippen LogP) is 3.65. The number of hydrogen-bond donors (Lipinski definition) is 1. The monoisotopic (exact) mass is 323 g/mol. The van der Waals surface area contributed by atoms with E-state index in [1.54, 1.807) is 31.3 Å². The number of aromatic nitrogens is 1. The normalized spacial score (nSPS) is 14.3. The minimum Gasteiger partial charge on any atom is -0.355 e.